The Morgan fingerprint density at radius 3 is 2.05 bits per heavy atom. The molecule has 2 N–H and O–H groups in total. The van der Waals surface area contributed by atoms with Gasteiger partial charge in [-0.1, -0.05) is 20.8 Å². The number of hydrogen-bond acceptors (Lipinski definition) is 5. The molecule has 1 heterocycles. The molecular formula is C14H27N3O3SSi. The summed E-state index contributed by atoms with van der Waals surface area (Å²) in [5, 5.41) is 4.35. The van der Waals surface area contributed by atoms with Crippen molar-refractivity contribution in [3.63, 3.8) is 0 Å². The molecule has 0 radical (unpaired) electrons. The van der Waals surface area contributed by atoms with E-state index in [-0.39, 0.29) is 5.04 Å². The van der Waals surface area contributed by atoms with E-state index in [1.54, 1.807) is 12.4 Å². The number of hydrogen-bond donors (Lipinski definition) is 1. The third-order valence-electron chi connectivity index (χ3n) is 4.23. The van der Waals surface area contributed by atoms with E-state index < -0.39 is 29.7 Å². The highest BCUT2D eigenvalue weighted by molar-refractivity contribution is 7.89. The van der Waals surface area contributed by atoms with Gasteiger partial charge in [0.05, 0.1) is 0 Å². The largest absolute Gasteiger partial charge is 0.405 e. The molecule has 22 heavy (non-hydrogen) atoms. The molecule has 2 atom stereocenters. The fourth-order valence-corrected chi connectivity index (χ4v) is 3.49. The molecule has 0 aliphatic heterocycles. The summed E-state index contributed by atoms with van der Waals surface area (Å²) in [5.41, 5.74) is 0.901. The maximum atomic E-state index is 11.8. The minimum atomic E-state index is -3.76. The summed E-state index contributed by atoms with van der Waals surface area (Å²) in [6.45, 7) is 13.8. The topological polar surface area (TPSA) is 95.2 Å². The Balaban J connectivity index is 3.27. The third kappa shape index (κ3) is 4.58. The molecule has 0 aliphatic carbocycles. The molecule has 126 valence electrons. The zero-order valence-electron chi connectivity index (χ0n) is 14.4. The van der Waals surface area contributed by atoms with Crippen molar-refractivity contribution in [3.8, 4) is 0 Å². The average Bonchev–Trinajstić information content (AvgIpc) is 2.34. The molecular weight excluding hydrogens is 318 g/mol. The fourth-order valence-electron chi connectivity index (χ4n) is 1.57. The van der Waals surface area contributed by atoms with Crippen molar-refractivity contribution in [1.29, 1.82) is 0 Å². The van der Waals surface area contributed by atoms with Crippen molar-refractivity contribution in [3.05, 3.63) is 23.8 Å². The number of rotatable bonds is 5. The molecule has 8 heteroatoms. The zero-order valence-corrected chi connectivity index (χ0v) is 16.2. The minimum Gasteiger partial charge on any atom is -0.405 e. The standard InChI is InChI=1S/C14H27N3O3SSi/c1-10-8-16-13(17-9-10)12(11(2)21(15,18)19)20-22(6,7)14(3,4)5/h8-9,11-12H,1-7H3,(H2,15,18,19)/t11-,12-/m0/s1. The van der Waals surface area contributed by atoms with Crippen LogP contribution in [0.1, 0.15) is 45.2 Å². The summed E-state index contributed by atoms with van der Waals surface area (Å²) in [7, 11) is -5.97. The van der Waals surface area contributed by atoms with Gasteiger partial charge in [-0.25, -0.2) is 23.5 Å². The van der Waals surface area contributed by atoms with Gasteiger partial charge in [-0.3, -0.25) is 0 Å². The third-order valence-corrected chi connectivity index (χ3v) is 9.97. The summed E-state index contributed by atoms with van der Waals surface area (Å²) < 4.78 is 29.9. The van der Waals surface area contributed by atoms with E-state index in [9.17, 15) is 8.42 Å². The first-order valence-electron chi connectivity index (χ1n) is 7.23. The second-order valence-corrected chi connectivity index (χ2v) is 13.9. The predicted molar refractivity (Wildman–Crippen MR) is 90.4 cm³/mol. The molecule has 1 aromatic heterocycles. The lowest BCUT2D eigenvalue weighted by Crippen LogP contribution is -2.46. The second kappa shape index (κ2) is 6.35. The Bertz CT molecular complexity index is 609. The summed E-state index contributed by atoms with van der Waals surface area (Å²) in [6, 6.07) is 0. The van der Waals surface area contributed by atoms with Crippen LogP contribution in [0, 0.1) is 6.92 Å². The van der Waals surface area contributed by atoms with Crippen LogP contribution in [-0.2, 0) is 14.4 Å². The highest BCUT2D eigenvalue weighted by atomic mass is 32.2. The lowest BCUT2D eigenvalue weighted by atomic mass is 10.2. The van der Waals surface area contributed by atoms with Crippen LogP contribution in [0.15, 0.2) is 12.4 Å². The molecule has 0 aliphatic rings. The Morgan fingerprint density at radius 2 is 1.68 bits per heavy atom. The van der Waals surface area contributed by atoms with Crippen LogP contribution in [0.3, 0.4) is 0 Å². The number of nitrogens with two attached hydrogens (primary N) is 1. The van der Waals surface area contributed by atoms with E-state index in [2.05, 4.69) is 43.8 Å². The molecule has 1 aromatic rings. The highest BCUT2D eigenvalue weighted by Gasteiger charge is 2.43. The monoisotopic (exact) mass is 345 g/mol. The van der Waals surface area contributed by atoms with Gasteiger partial charge >= 0.3 is 0 Å². The van der Waals surface area contributed by atoms with Crippen molar-refractivity contribution in [1.82, 2.24) is 9.97 Å². The average molecular weight is 346 g/mol. The normalized spacial score (nSPS) is 16.4. The van der Waals surface area contributed by atoms with Crippen LogP contribution in [0.5, 0.6) is 0 Å². The molecule has 0 aromatic carbocycles. The summed E-state index contributed by atoms with van der Waals surface area (Å²) in [5.74, 6) is 0.358. The Hall–Kier alpha value is -0.833. The first kappa shape index (κ1) is 19.2. The Morgan fingerprint density at radius 1 is 1.23 bits per heavy atom. The van der Waals surface area contributed by atoms with Gasteiger partial charge in [0.1, 0.15) is 11.4 Å². The Labute approximate surface area is 134 Å². The summed E-state index contributed by atoms with van der Waals surface area (Å²) in [4.78, 5) is 8.49. The van der Waals surface area contributed by atoms with Crippen molar-refractivity contribution >= 4 is 18.3 Å². The van der Waals surface area contributed by atoms with Gasteiger partial charge in [0.15, 0.2) is 14.1 Å². The van der Waals surface area contributed by atoms with Crippen LogP contribution in [0.4, 0.5) is 0 Å². The van der Waals surface area contributed by atoms with Crippen LogP contribution in [0.25, 0.3) is 0 Å². The van der Waals surface area contributed by atoms with Gasteiger partial charge in [0, 0.05) is 12.4 Å². The Kier molecular flexibility index (Phi) is 5.54. The molecule has 0 amide bonds. The molecule has 0 unspecified atom stereocenters. The molecule has 0 bridgehead atoms. The van der Waals surface area contributed by atoms with E-state index in [0.717, 1.165) is 5.56 Å². The number of aryl methyl sites for hydroxylation is 1. The van der Waals surface area contributed by atoms with Gasteiger partial charge in [0.25, 0.3) is 0 Å². The molecule has 1 rings (SSSR count). The lowest BCUT2D eigenvalue weighted by molar-refractivity contribution is 0.172. The maximum absolute atomic E-state index is 11.8. The van der Waals surface area contributed by atoms with Gasteiger partial charge < -0.3 is 4.43 Å². The molecule has 0 fully saturated rings. The van der Waals surface area contributed by atoms with Crippen LogP contribution < -0.4 is 5.14 Å². The maximum Gasteiger partial charge on any atom is 0.214 e. The zero-order chi connectivity index (χ0) is 17.3. The second-order valence-electron chi connectivity index (χ2n) is 7.21. The van der Waals surface area contributed by atoms with Gasteiger partial charge in [-0.2, -0.15) is 0 Å². The molecule has 0 spiro atoms. The molecule has 6 nitrogen and oxygen atoms in total. The number of primary sulfonamides is 1. The van der Waals surface area contributed by atoms with Crippen LogP contribution in [0.2, 0.25) is 18.1 Å². The quantitative estimate of drug-likeness (QED) is 0.827. The summed E-state index contributed by atoms with van der Waals surface area (Å²) >= 11 is 0. The number of nitrogens with zero attached hydrogens (tertiary/aromatic N) is 2. The van der Waals surface area contributed by atoms with Crippen LogP contribution in [-0.4, -0.2) is 32.0 Å². The fraction of sp³-hybridized carbons (Fsp3) is 0.714. The molecule has 0 saturated heterocycles. The minimum absolute atomic E-state index is 0.0615. The first-order chi connectivity index (χ1) is 9.75. The van der Waals surface area contributed by atoms with Gasteiger partial charge in [-0.15, -0.1) is 0 Å². The molecule has 0 saturated carbocycles. The van der Waals surface area contributed by atoms with Crippen molar-refractivity contribution in [2.24, 2.45) is 5.14 Å². The van der Waals surface area contributed by atoms with E-state index in [1.807, 2.05) is 6.92 Å². The number of aromatic nitrogens is 2. The van der Waals surface area contributed by atoms with Crippen molar-refractivity contribution in [2.45, 2.75) is 64.1 Å². The van der Waals surface area contributed by atoms with Gasteiger partial charge in [-0.05, 0) is 37.5 Å². The van der Waals surface area contributed by atoms with E-state index in [1.165, 1.54) is 6.92 Å². The van der Waals surface area contributed by atoms with Crippen LogP contribution >= 0.6 is 0 Å². The van der Waals surface area contributed by atoms with Crippen molar-refractivity contribution in [2.75, 3.05) is 0 Å². The first-order valence-corrected chi connectivity index (χ1v) is 11.8. The van der Waals surface area contributed by atoms with E-state index in [4.69, 9.17) is 9.56 Å². The van der Waals surface area contributed by atoms with E-state index >= 15 is 0 Å². The lowest BCUT2D eigenvalue weighted by Gasteiger charge is -2.39. The van der Waals surface area contributed by atoms with Crippen molar-refractivity contribution < 1.29 is 12.8 Å². The SMILES string of the molecule is Cc1cnc([C@@H](O[Si](C)(C)C(C)(C)C)[C@H](C)S(N)(=O)=O)nc1. The number of sulfonamides is 1. The highest BCUT2D eigenvalue weighted by Crippen LogP contribution is 2.40. The summed E-state index contributed by atoms with van der Waals surface area (Å²) in [6.07, 6.45) is 2.54. The predicted octanol–water partition coefficient (Wildman–Crippen LogP) is 2.52. The van der Waals surface area contributed by atoms with Gasteiger partial charge in [0.2, 0.25) is 10.0 Å². The smallest absolute Gasteiger partial charge is 0.214 e. The van der Waals surface area contributed by atoms with E-state index in [0.29, 0.717) is 5.82 Å².